The maximum absolute atomic E-state index is 10.3. The van der Waals surface area contributed by atoms with Crippen molar-refractivity contribution in [2.45, 2.75) is 69.6 Å². The molecule has 0 aromatic carbocycles. The Morgan fingerprint density at radius 3 is 2.62 bits per heavy atom. The normalized spacial score (nSPS) is 32.8. The molecule has 94 valence electrons. The second kappa shape index (κ2) is 4.63. The van der Waals surface area contributed by atoms with Crippen LogP contribution >= 0.6 is 0 Å². The molecule has 0 aromatic heterocycles. The molecule has 0 spiro atoms. The summed E-state index contributed by atoms with van der Waals surface area (Å²) in [5.41, 5.74) is -0.434. The van der Waals surface area contributed by atoms with E-state index in [0.717, 1.165) is 38.8 Å². The van der Waals surface area contributed by atoms with E-state index >= 15 is 0 Å². The largest absolute Gasteiger partial charge is 0.389 e. The van der Waals surface area contributed by atoms with Gasteiger partial charge in [-0.3, -0.25) is 0 Å². The molecule has 1 aliphatic carbocycles. The third kappa shape index (κ3) is 3.19. The monoisotopic (exact) mass is 227 g/mol. The van der Waals surface area contributed by atoms with Gasteiger partial charge in [-0.2, -0.15) is 0 Å². The molecule has 3 heteroatoms. The van der Waals surface area contributed by atoms with Crippen molar-refractivity contribution >= 4 is 0 Å². The Morgan fingerprint density at radius 2 is 2.00 bits per heavy atom. The van der Waals surface area contributed by atoms with Crippen LogP contribution in [0, 0.1) is 0 Å². The van der Waals surface area contributed by atoms with Gasteiger partial charge in [-0.15, -0.1) is 0 Å². The highest BCUT2D eigenvalue weighted by molar-refractivity contribution is 4.90. The SMILES string of the molecule is CC1(C)CC(NCC2(O)CCCC2)CCO1. The smallest absolute Gasteiger partial charge is 0.0771 e. The fourth-order valence-corrected chi connectivity index (χ4v) is 2.95. The van der Waals surface area contributed by atoms with Gasteiger partial charge in [-0.25, -0.2) is 0 Å². The Bertz CT molecular complexity index is 234. The Labute approximate surface area is 98.6 Å². The van der Waals surface area contributed by atoms with Crippen molar-refractivity contribution in [2.24, 2.45) is 0 Å². The predicted octanol–water partition coefficient (Wildman–Crippen LogP) is 1.84. The van der Waals surface area contributed by atoms with Crippen molar-refractivity contribution in [3.63, 3.8) is 0 Å². The zero-order valence-electron chi connectivity index (χ0n) is 10.6. The molecule has 0 bridgehead atoms. The molecular weight excluding hydrogens is 202 g/mol. The zero-order chi connectivity index (χ0) is 11.6. The molecular formula is C13H25NO2. The highest BCUT2D eigenvalue weighted by Gasteiger charge is 2.33. The van der Waals surface area contributed by atoms with Crippen LogP contribution in [0.25, 0.3) is 0 Å². The first-order valence-corrected chi connectivity index (χ1v) is 6.59. The molecule has 0 radical (unpaired) electrons. The Kier molecular flexibility index (Phi) is 3.57. The average Bonchev–Trinajstić information content (AvgIpc) is 2.62. The molecule has 1 heterocycles. The van der Waals surface area contributed by atoms with Crippen LogP contribution in [0.4, 0.5) is 0 Å². The van der Waals surface area contributed by atoms with E-state index in [4.69, 9.17) is 4.74 Å². The maximum Gasteiger partial charge on any atom is 0.0771 e. The summed E-state index contributed by atoms with van der Waals surface area (Å²) in [5.74, 6) is 0. The van der Waals surface area contributed by atoms with Gasteiger partial charge >= 0.3 is 0 Å². The molecule has 3 nitrogen and oxygen atoms in total. The Hall–Kier alpha value is -0.120. The van der Waals surface area contributed by atoms with Crippen LogP contribution in [0.3, 0.4) is 0 Å². The number of hydrogen-bond acceptors (Lipinski definition) is 3. The summed E-state index contributed by atoms with van der Waals surface area (Å²) in [6.07, 6.45) is 6.40. The van der Waals surface area contributed by atoms with Gasteiger partial charge in [0, 0.05) is 19.2 Å². The van der Waals surface area contributed by atoms with Gasteiger partial charge in [0.05, 0.1) is 11.2 Å². The van der Waals surface area contributed by atoms with Crippen LogP contribution in [0.15, 0.2) is 0 Å². The van der Waals surface area contributed by atoms with Crippen molar-refractivity contribution in [1.82, 2.24) is 5.32 Å². The molecule has 1 atom stereocenters. The molecule has 1 aliphatic heterocycles. The van der Waals surface area contributed by atoms with E-state index in [1.165, 1.54) is 12.8 Å². The number of nitrogens with one attached hydrogen (secondary N) is 1. The Balaban J connectivity index is 1.77. The van der Waals surface area contributed by atoms with Crippen LogP contribution in [0.2, 0.25) is 0 Å². The summed E-state index contributed by atoms with van der Waals surface area (Å²) < 4.78 is 5.69. The molecule has 16 heavy (non-hydrogen) atoms. The summed E-state index contributed by atoms with van der Waals surface area (Å²) in [7, 11) is 0. The van der Waals surface area contributed by atoms with E-state index in [-0.39, 0.29) is 5.60 Å². The van der Waals surface area contributed by atoms with Crippen LogP contribution in [-0.2, 0) is 4.74 Å². The van der Waals surface area contributed by atoms with Gasteiger partial charge in [0.15, 0.2) is 0 Å². The van der Waals surface area contributed by atoms with E-state index in [1.807, 2.05) is 0 Å². The number of rotatable bonds is 3. The van der Waals surface area contributed by atoms with Gasteiger partial charge in [-0.1, -0.05) is 12.8 Å². The summed E-state index contributed by atoms with van der Waals surface area (Å²) in [6.45, 7) is 5.88. The van der Waals surface area contributed by atoms with Crippen molar-refractivity contribution in [3.05, 3.63) is 0 Å². The van der Waals surface area contributed by atoms with Crippen molar-refractivity contribution in [3.8, 4) is 0 Å². The fourth-order valence-electron chi connectivity index (χ4n) is 2.95. The van der Waals surface area contributed by atoms with E-state index in [0.29, 0.717) is 6.04 Å². The molecule has 1 unspecified atom stereocenters. The first kappa shape index (κ1) is 12.3. The molecule has 0 aromatic rings. The minimum atomic E-state index is -0.428. The number of aliphatic hydroxyl groups is 1. The molecule has 2 N–H and O–H groups in total. The van der Waals surface area contributed by atoms with E-state index < -0.39 is 5.60 Å². The summed E-state index contributed by atoms with van der Waals surface area (Å²) >= 11 is 0. The second-order valence-electron chi connectivity index (χ2n) is 6.11. The van der Waals surface area contributed by atoms with Gasteiger partial charge < -0.3 is 15.2 Å². The van der Waals surface area contributed by atoms with Gasteiger partial charge in [0.25, 0.3) is 0 Å². The van der Waals surface area contributed by atoms with Gasteiger partial charge in [-0.05, 0) is 39.5 Å². The number of hydrogen-bond donors (Lipinski definition) is 2. The first-order chi connectivity index (χ1) is 7.49. The highest BCUT2D eigenvalue weighted by atomic mass is 16.5. The fraction of sp³-hybridized carbons (Fsp3) is 1.00. The van der Waals surface area contributed by atoms with Crippen LogP contribution < -0.4 is 5.32 Å². The van der Waals surface area contributed by atoms with Crippen LogP contribution in [-0.4, -0.2) is 35.5 Å². The van der Waals surface area contributed by atoms with Crippen LogP contribution in [0.1, 0.15) is 52.4 Å². The maximum atomic E-state index is 10.3. The lowest BCUT2D eigenvalue weighted by molar-refractivity contribution is -0.0661. The molecule has 2 fully saturated rings. The molecule has 2 aliphatic rings. The van der Waals surface area contributed by atoms with Gasteiger partial charge in [0.1, 0.15) is 0 Å². The highest BCUT2D eigenvalue weighted by Crippen LogP contribution is 2.30. The minimum absolute atomic E-state index is 0.00574. The Morgan fingerprint density at radius 1 is 1.31 bits per heavy atom. The number of ether oxygens (including phenoxy) is 1. The van der Waals surface area contributed by atoms with Crippen molar-refractivity contribution in [1.29, 1.82) is 0 Å². The second-order valence-corrected chi connectivity index (χ2v) is 6.11. The standard InChI is InChI=1S/C13H25NO2/c1-12(2)9-11(5-8-16-12)14-10-13(15)6-3-4-7-13/h11,14-15H,3-10H2,1-2H3. The lowest BCUT2D eigenvalue weighted by Gasteiger charge is -2.37. The van der Waals surface area contributed by atoms with E-state index in [9.17, 15) is 5.11 Å². The third-order valence-electron chi connectivity index (χ3n) is 3.95. The lowest BCUT2D eigenvalue weighted by Crippen LogP contribution is -2.48. The lowest BCUT2D eigenvalue weighted by atomic mass is 9.93. The van der Waals surface area contributed by atoms with Crippen LogP contribution in [0.5, 0.6) is 0 Å². The average molecular weight is 227 g/mol. The topological polar surface area (TPSA) is 41.5 Å². The first-order valence-electron chi connectivity index (χ1n) is 6.59. The molecule has 1 saturated carbocycles. The quantitative estimate of drug-likeness (QED) is 0.773. The van der Waals surface area contributed by atoms with E-state index in [2.05, 4.69) is 19.2 Å². The molecule has 0 amide bonds. The van der Waals surface area contributed by atoms with Crippen molar-refractivity contribution in [2.75, 3.05) is 13.2 Å². The summed E-state index contributed by atoms with van der Waals surface area (Å²) in [5, 5.41) is 13.8. The zero-order valence-corrected chi connectivity index (χ0v) is 10.6. The van der Waals surface area contributed by atoms with Crippen molar-refractivity contribution < 1.29 is 9.84 Å². The summed E-state index contributed by atoms with van der Waals surface area (Å²) in [6, 6.07) is 0.508. The predicted molar refractivity (Wildman–Crippen MR) is 64.5 cm³/mol. The summed E-state index contributed by atoms with van der Waals surface area (Å²) in [4.78, 5) is 0. The molecule has 1 saturated heterocycles. The molecule has 2 rings (SSSR count). The third-order valence-corrected chi connectivity index (χ3v) is 3.95. The minimum Gasteiger partial charge on any atom is -0.389 e. The van der Waals surface area contributed by atoms with Gasteiger partial charge in [0.2, 0.25) is 0 Å². The van der Waals surface area contributed by atoms with E-state index in [1.54, 1.807) is 0 Å².